The Labute approximate surface area is 147 Å². The molecule has 7 heteroatoms. The number of nitrogens with one attached hydrogen (secondary N) is 2. The molecule has 2 aromatic rings. The van der Waals surface area contributed by atoms with Gasteiger partial charge < -0.3 is 19.8 Å². The fourth-order valence-electron chi connectivity index (χ4n) is 3.45. The first-order valence-electron chi connectivity index (χ1n) is 8.51. The maximum absolute atomic E-state index is 5.63. The summed E-state index contributed by atoms with van der Waals surface area (Å²) < 4.78 is 11.0. The van der Waals surface area contributed by atoms with Crippen LogP contribution in [-0.4, -0.2) is 42.9 Å². The molecule has 7 nitrogen and oxygen atoms in total. The van der Waals surface area contributed by atoms with E-state index in [0.29, 0.717) is 0 Å². The number of fused-ring (bicyclic) bond motifs is 1. The standard InChI is InChI=1S/C18H23N5O2/c1-12-10-23(6-7-25-12)17-9-16(19-11-20-17)18(2)14-8-13(24-3)4-5-15(14)21-22-18/h4-5,8-9,11-12,21-22H,6-7,10H2,1-3H3. The Morgan fingerprint density at radius 1 is 1.32 bits per heavy atom. The molecule has 0 aliphatic carbocycles. The zero-order valence-corrected chi connectivity index (χ0v) is 14.7. The minimum Gasteiger partial charge on any atom is -0.497 e. The molecular weight excluding hydrogens is 318 g/mol. The van der Waals surface area contributed by atoms with Gasteiger partial charge in [0.1, 0.15) is 23.4 Å². The summed E-state index contributed by atoms with van der Waals surface area (Å²) in [6, 6.07) is 8.06. The van der Waals surface area contributed by atoms with Gasteiger partial charge in [0.2, 0.25) is 0 Å². The first-order valence-corrected chi connectivity index (χ1v) is 8.51. The molecular formula is C18H23N5O2. The van der Waals surface area contributed by atoms with E-state index < -0.39 is 5.54 Å². The van der Waals surface area contributed by atoms with Crippen molar-refractivity contribution < 1.29 is 9.47 Å². The highest BCUT2D eigenvalue weighted by atomic mass is 16.5. The number of nitrogens with zero attached hydrogens (tertiary/aromatic N) is 3. The van der Waals surface area contributed by atoms with Crippen LogP contribution in [0.3, 0.4) is 0 Å². The van der Waals surface area contributed by atoms with Crippen LogP contribution >= 0.6 is 0 Å². The van der Waals surface area contributed by atoms with E-state index in [1.807, 2.05) is 18.2 Å². The summed E-state index contributed by atoms with van der Waals surface area (Å²) in [6.07, 6.45) is 1.84. The highest BCUT2D eigenvalue weighted by molar-refractivity contribution is 5.63. The number of hydrogen-bond donors (Lipinski definition) is 2. The van der Waals surface area contributed by atoms with Crippen LogP contribution in [0, 0.1) is 0 Å². The Balaban J connectivity index is 1.70. The molecule has 25 heavy (non-hydrogen) atoms. The number of anilines is 2. The quantitative estimate of drug-likeness (QED) is 0.883. The van der Waals surface area contributed by atoms with Gasteiger partial charge in [-0.2, -0.15) is 0 Å². The summed E-state index contributed by atoms with van der Waals surface area (Å²) in [6.45, 7) is 6.59. The Morgan fingerprint density at radius 3 is 3.00 bits per heavy atom. The summed E-state index contributed by atoms with van der Waals surface area (Å²) in [5.74, 6) is 1.76. The average molecular weight is 341 g/mol. The first kappa shape index (κ1) is 16.1. The summed E-state index contributed by atoms with van der Waals surface area (Å²) >= 11 is 0. The Kier molecular flexibility index (Phi) is 3.97. The number of hydrogen-bond acceptors (Lipinski definition) is 7. The molecule has 2 aliphatic rings. The van der Waals surface area contributed by atoms with Crippen molar-refractivity contribution in [2.75, 3.05) is 37.1 Å². The lowest BCUT2D eigenvalue weighted by atomic mass is 9.89. The van der Waals surface area contributed by atoms with E-state index in [2.05, 4.69) is 45.6 Å². The molecule has 3 heterocycles. The maximum Gasteiger partial charge on any atom is 0.132 e. The zero-order valence-electron chi connectivity index (χ0n) is 14.7. The van der Waals surface area contributed by atoms with Crippen molar-refractivity contribution in [3.63, 3.8) is 0 Å². The molecule has 1 saturated heterocycles. The Bertz CT molecular complexity index is 784. The Hall–Kier alpha value is -2.38. The first-order chi connectivity index (χ1) is 12.1. The monoisotopic (exact) mass is 341 g/mol. The highest BCUT2D eigenvalue weighted by Gasteiger charge is 2.38. The van der Waals surface area contributed by atoms with Crippen LogP contribution in [0.1, 0.15) is 25.1 Å². The van der Waals surface area contributed by atoms with Gasteiger partial charge in [0, 0.05) is 24.7 Å². The van der Waals surface area contributed by atoms with E-state index >= 15 is 0 Å². The molecule has 1 aromatic carbocycles. The third-order valence-corrected chi connectivity index (χ3v) is 4.94. The highest BCUT2D eigenvalue weighted by Crippen LogP contribution is 2.40. The Morgan fingerprint density at radius 2 is 2.20 bits per heavy atom. The van der Waals surface area contributed by atoms with E-state index in [4.69, 9.17) is 9.47 Å². The van der Waals surface area contributed by atoms with Crippen LogP contribution in [-0.2, 0) is 10.3 Å². The molecule has 0 saturated carbocycles. The number of methoxy groups -OCH3 is 1. The van der Waals surface area contributed by atoms with E-state index in [1.54, 1.807) is 13.4 Å². The van der Waals surface area contributed by atoms with E-state index in [0.717, 1.165) is 48.2 Å². The fraction of sp³-hybridized carbons (Fsp3) is 0.444. The maximum atomic E-state index is 5.63. The van der Waals surface area contributed by atoms with Crippen LogP contribution < -0.4 is 20.5 Å². The van der Waals surface area contributed by atoms with Gasteiger partial charge in [0.05, 0.1) is 31.2 Å². The number of ether oxygens (including phenoxy) is 2. The minimum absolute atomic E-state index is 0.207. The molecule has 0 bridgehead atoms. The van der Waals surface area contributed by atoms with Gasteiger partial charge in [0.15, 0.2) is 0 Å². The number of aromatic nitrogens is 2. The second kappa shape index (κ2) is 6.16. The van der Waals surface area contributed by atoms with Gasteiger partial charge in [-0.1, -0.05) is 0 Å². The van der Waals surface area contributed by atoms with Crippen molar-refractivity contribution in [3.8, 4) is 5.75 Å². The lowest BCUT2D eigenvalue weighted by molar-refractivity contribution is 0.0529. The number of hydrazine groups is 1. The summed E-state index contributed by atoms with van der Waals surface area (Å²) in [5.41, 5.74) is 9.20. The third-order valence-electron chi connectivity index (χ3n) is 4.94. The van der Waals surface area contributed by atoms with Gasteiger partial charge in [0.25, 0.3) is 0 Å². The molecule has 0 amide bonds. The topological polar surface area (TPSA) is 71.5 Å². The smallest absolute Gasteiger partial charge is 0.132 e. The van der Waals surface area contributed by atoms with Crippen LogP contribution in [0.2, 0.25) is 0 Å². The zero-order chi connectivity index (χ0) is 17.4. The molecule has 1 fully saturated rings. The summed E-state index contributed by atoms with van der Waals surface area (Å²) in [4.78, 5) is 11.3. The van der Waals surface area contributed by atoms with E-state index in [-0.39, 0.29) is 6.10 Å². The summed E-state index contributed by atoms with van der Waals surface area (Å²) in [7, 11) is 1.68. The SMILES string of the molecule is COc1ccc2c(c1)C(C)(c1cc(N3CCOC(C)C3)ncn1)NN2. The van der Waals surface area contributed by atoms with Crippen molar-refractivity contribution in [3.05, 3.63) is 41.9 Å². The van der Waals surface area contributed by atoms with E-state index in [1.165, 1.54) is 0 Å². The molecule has 1 aromatic heterocycles. The van der Waals surface area contributed by atoms with E-state index in [9.17, 15) is 0 Å². The molecule has 2 unspecified atom stereocenters. The molecule has 132 valence electrons. The lowest BCUT2D eigenvalue weighted by Crippen LogP contribution is -2.42. The van der Waals surface area contributed by atoms with Crippen LogP contribution in [0.4, 0.5) is 11.5 Å². The normalized spacial score (nSPS) is 25.4. The predicted octanol–water partition coefficient (Wildman–Crippen LogP) is 1.90. The number of benzene rings is 1. The van der Waals surface area contributed by atoms with Gasteiger partial charge in [-0.3, -0.25) is 0 Å². The predicted molar refractivity (Wildman–Crippen MR) is 95.9 cm³/mol. The van der Waals surface area contributed by atoms with Gasteiger partial charge in [-0.25, -0.2) is 15.4 Å². The summed E-state index contributed by atoms with van der Waals surface area (Å²) in [5, 5.41) is 0. The molecule has 2 N–H and O–H groups in total. The van der Waals surface area contributed by atoms with Gasteiger partial charge in [-0.05, 0) is 32.0 Å². The largest absolute Gasteiger partial charge is 0.497 e. The molecule has 4 rings (SSSR count). The molecule has 0 radical (unpaired) electrons. The number of rotatable bonds is 3. The second-order valence-corrected chi connectivity index (χ2v) is 6.68. The lowest BCUT2D eigenvalue weighted by Gasteiger charge is -2.33. The third kappa shape index (κ3) is 2.79. The van der Waals surface area contributed by atoms with Crippen molar-refractivity contribution in [2.24, 2.45) is 0 Å². The minimum atomic E-state index is -0.459. The van der Waals surface area contributed by atoms with Gasteiger partial charge >= 0.3 is 0 Å². The van der Waals surface area contributed by atoms with Gasteiger partial charge in [-0.15, -0.1) is 0 Å². The average Bonchev–Trinajstić information content (AvgIpc) is 2.99. The van der Waals surface area contributed by atoms with Crippen molar-refractivity contribution in [1.82, 2.24) is 15.4 Å². The van der Waals surface area contributed by atoms with Crippen molar-refractivity contribution >= 4 is 11.5 Å². The molecule has 0 spiro atoms. The second-order valence-electron chi connectivity index (χ2n) is 6.68. The van der Waals surface area contributed by atoms with Crippen LogP contribution in [0.5, 0.6) is 5.75 Å². The molecule has 2 aliphatic heterocycles. The van der Waals surface area contributed by atoms with Crippen LogP contribution in [0.15, 0.2) is 30.6 Å². The van der Waals surface area contributed by atoms with Crippen molar-refractivity contribution in [1.29, 1.82) is 0 Å². The fourth-order valence-corrected chi connectivity index (χ4v) is 3.45. The number of morpholine rings is 1. The van der Waals surface area contributed by atoms with Crippen molar-refractivity contribution in [2.45, 2.75) is 25.5 Å². The van der Waals surface area contributed by atoms with Crippen LogP contribution in [0.25, 0.3) is 0 Å². The molecule has 2 atom stereocenters.